The fourth-order valence-electron chi connectivity index (χ4n) is 4.14. The van der Waals surface area contributed by atoms with Crippen LogP contribution in [0.1, 0.15) is 54.2 Å². The number of carbonyl (C=O) groups is 1. The Morgan fingerprint density at radius 1 is 1.23 bits per heavy atom. The maximum Gasteiger partial charge on any atom is 0.269 e. The van der Waals surface area contributed by atoms with Gasteiger partial charge in [0.1, 0.15) is 5.02 Å². The van der Waals surface area contributed by atoms with Crippen molar-refractivity contribution in [2.45, 2.75) is 58.2 Å². The normalized spacial score (nSPS) is 16.7. The highest BCUT2D eigenvalue weighted by Crippen LogP contribution is 2.27. The van der Waals surface area contributed by atoms with Crippen LogP contribution in [0.15, 0.2) is 35.1 Å². The van der Waals surface area contributed by atoms with E-state index in [4.69, 9.17) is 29.0 Å². The van der Waals surface area contributed by atoms with Crippen molar-refractivity contribution in [1.82, 2.24) is 14.9 Å². The minimum atomic E-state index is -0.339. The fraction of sp³-hybridized carbons (Fsp3) is 0.455. The van der Waals surface area contributed by atoms with E-state index in [1.54, 1.807) is 22.8 Å². The molecule has 30 heavy (non-hydrogen) atoms. The predicted molar refractivity (Wildman–Crippen MR) is 121 cm³/mol. The molecule has 1 aromatic heterocycles. The summed E-state index contributed by atoms with van der Waals surface area (Å²) in [6, 6.07) is 9.24. The Labute approximate surface area is 186 Å². The summed E-state index contributed by atoms with van der Waals surface area (Å²) in [5.74, 6) is 4.83. The van der Waals surface area contributed by atoms with Gasteiger partial charge in [-0.2, -0.15) is 0 Å². The quantitative estimate of drug-likeness (QED) is 0.364. The van der Waals surface area contributed by atoms with Gasteiger partial charge >= 0.3 is 0 Å². The van der Waals surface area contributed by atoms with Crippen LogP contribution in [0.4, 0.5) is 0 Å². The fourth-order valence-corrected chi connectivity index (χ4v) is 4.67. The van der Waals surface area contributed by atoms with Gasteiger partial charge in [-0.05, 0) is 56.0 Å². The van der Waals surface area contributed by atoms with Gasteiger partial charge < -0.3 is 4.57 Å². The molecule has 1 atom stereocenters. The molecule has 1 fully saturated rings. The van der Waals surface area contributed by atoms with Gasteiger partial charge in [0.2, 0.25) is 0 Å². The summed E-state index contributed by atoms with van der Waals surface area (Å²) in [4.78, 5) is 26.8. The SMILES string of the molecule is CCC[C@H]1CCCN1Cc1c(Cl)cc(Cl)c(=O)n1CCc1ccc(C(=O)NN)cc1. The van der Waals surface area contributed by atoms with Crippen LogP contribution in [-0.4, -0.2) is 28.0 Å². The molecule has 3 rings (SSSR count). The average molecular weight is 451 g/mol. The zero-order valence-corrected chi connectivity index (χ0v) is 18.7. The number of hydrazine groups is 1. The maximum absolute atomic E-state index is 12.8. The molecule has 1 saturated heterocycles. The molecular formula is C22H28Cl2N4O2. The molecular weight excluding hydrogens is 423 g/mol. The molecule has 0 saturated carbocycles. The third kappa shape index (κ3) is 5.24. The summed E-state index contributed by atoms with van der Waals surface area (Å²) in [7, 11) is 0. The minimum Gasteiger partial charge on any atom is -0.308 e. The third-order valence-corrected chi connectivity index (χ3v) is 6.35. The van der Waals surface area contributed by atoms with Crippen LogP contribution in [0.3, 0.4) is 0 Å². The van der Waals surface area contributed by atoms with Crippen molar-refractivity contribution in [3.8, 4) is 0 Å². The van der Waals surface area contributed by atoms with Crippen LogP contribution in [0.5, 0.6) is 0 Å². The van der Waals surface area contributed by atoms with Crippen LogP contribution < -0.4 is 16.8 Å². The molecule has 8 heteroatoms. The molecule has 0 radical (unpaired) electrons. The van der Waals surface area contributed by atoms with Gasteiger partial charge in [-0.25, -0.2) is 5.84 Å². The summed E-state index contributed by atoms with van der Waals surface area (Å²) in [6.45, 7) is 4.32. The second-order valence-corrected chi connectivity index (χ2v) is 8.53. The van der Waals surface area contributed by atoms with E-state index in [2.05, 4.69) is 17.2 Å². The van der Waals surface area contributed by atoms with E-state index in [0.717, 1.165) is 30.6 Å². The Balaban J connectivity index is 1.81. The molecule has 0 spiro atoms. The summed E-state index contributed by atoms with van der Waals surface area (Å²) in [5, 5.41) is 0.655. The number of nitrogens with zero attached hydrogens (tertiary/aromatic N) is 2. The number of halogens is 2. The van der Waals surface area contributed by atoms with E-state index in [1.807, 2.05) is 12.1 Å². The Morgan fingerprint density at radius 2 is 1.97 bits per heavy atom. The number of hydrogen-bond acceptors (Lipinski definition) is 4. The first-order valence-electron chi connectivity index (χ1n) is 10.4. The second-order valence-electron chi connectivity index (χ2n) is 7.72. The number of nitrogen functional groups attached to an aromatic ring is 1. The van der Waals surface area contributed by atoms with Crippen molar-refractivity contribution < 1.29 is 4.79 Å². The van der Waals surface area contributed by atoms with E-state index < -0.39 is 0 Å². The van der Waals surface area contributed by atoms with Gasteiger partial charge in [-0.15, -0.1) is 0 Å². The van der Waals surface area contributed by atoms with E-state index in [1.165, 1.54) is 12.8 Å². The number of rotatable bonds is 8. The smallest absolute Gasteiger partial charge is 0.269 e. The number of aromatic nitrogens is 1. The first kappa shape index (κ1) is 22.8. The summed E-state index contributed by atoms with van der Waals surface area (Å²) in [6.07, 6.45) is 5.26. The van der Waals surface area contributed by atoms with Crippen molar-refractivity contribution in [2.75, 3.05) is 6.54 Å². The largest absolute Gasteiger partial charge is 0.308 e. The highest BCUT2D eigenvalue weighted by atomic mass is 35.5. The third-order valence-electron chi connectivity index (χ3n) is 5.75. The van der Waals surface area contributed by atoms with Crippen molar-refractivity contribution >= 4 is 29.1 Å². The molecule has 1 aromatic carbocycles. The number of hydrogen-bond donors (Lipinski definition) is 2. The lowest BCUT2D eigenvalue weighted by molar-refractivity contribution is 0.0953. The summed E-state index contributed by atoms with van der Waals surface area (Å²) >= 11 is 12.7. The van der Waals surface area contributed by atoms with Gasteiger partial charge in [-0.1, -0.05) is 48.7 Å². The topological polar surface area (TPSA) is 80.4 Å². The highest BCUT2D eigenvalue weighted by Gasteiger charge is 2.26. The zero-order valence-electron chi connectivity index (χ0n) is 17.2. The Morgan fingerprint density at radius 3 is 2.63 bits per heavy atom. The van der Waals surface area contributed by atoms with Crippen molar-refractivity contribution in [3.63, 3.8) is 0 Å². The lowest BCUT2D eigenvalue weighted by atomic mass is 10.1. The molecule has 162 valence electrons. The van der Waals surface area contributed by atoms with Crippen molar-refractivity contribution in [2.24, 2.45) is 5.84 Å². The van der Waals surface area contributed by atoms with Crippen molar-refractivity contribution in [1.29, 1.82) is 0 Å². The molecule has 1 amide bonds. The minimum absolute atomic E-state index is 0.130. The highest BCUT2D eigenvalue weighted by molar-refractivity contribution is 6.34. The van der Waals surface area contributed by atoms with Gasteiger partial charge in [0, 0.05) is 24.7 Å². The molecule has 2 heterocycles. The summed E-state index contributed by atoms with van der Waals surface area (Å²) in [5.41, 5.74) is 4.20. The Hall–Kier alpha value is -1.86. The van der Waals surface area contributed by atoms with E-state index in [9.17, 15) is 9.59 Å². The van der Waals surface area contributed by atoms with Crippen LogP contribution in [-0.2, 0) is 19.5 Å². The number of benzene rings is 1. The molecule has 0 unspecified atom stereocenters. The second kappa shape index (κ2) is 10.4. The molecule has 0 bridgehead atoms. The van der Waals surface area contributed by atoms with Crippen LogP contribution >= 0.6 is 23.2 Å². The number of pyridine rings is 1. The molecule has 0 aliphatic carbocycles. The maximum atomic E-state index is 12.8. The van der Waals surface area contributed by atoms with Crippen LogP contribution in [0, 0.1) is 0 Å². The lowest BCUT2D eigenvalue weighted by Gasteiger charge is -2.26. The monoisotopic (exact) mass is 450 g/mol. The van der Waals surface area contributed by atoms with E-state index in [-0.39, 0.29) is 16.5 Å². The molecule has 1 aliphatic rings. The van der Waals surface area contributed by atoms with Gasteiger partial charge in [0.05, 0.1) is 10.7 Å². The molecule has 1 aliphatic heterocycles. The van der Waals surface area contributed by atoms with E-state index in [0.29, 0.717) is 36.1 Å². The van der Waals surface area contributed by atoms with Gasteiger partial charge in [0.25, 0.3) is 11.5 Å². The van der Waals surface area contributed by atoms with Crippen LogP contribution in [0.25, 0.3) is 0 Å². The average Bonchev–Trinajstić information content (AvgIpc) is 3.18. The Bertz CT molecular complexity index is 943. The predicted octanol–water partition coefficient (Wildman–Crippen LogP) is 3.77. The standard InChI is InChI=1S/C22H28Cl2N4O2/c1-2-4-17-5-3-11-27(17)14-20-18(23)13-19(24)22(30)28(20)12-10-15-6-8-16(9-7-15)21(29)26-25/h6-9,13,17H,2-5,10-12,14,25H2,1H3,(H,26,29)/t17-/m0/s1. The van der Waals surface area contributed by atoms with Crippen molar-refractivity contribution in [3.05, 3.63) is 67.6 Å². The van der Waals surface area contributed by atoms with Crippen LogP contribution in [0.2, 0.25) is 10.0 Å². The molecule has 2 aromatic rings. The number of nitrogens with one attached hydrogen (secondary N) is 1. The molecule has 3 N–H and O–H groups in total. The number of carbonyl (C=O) groups excluding carboxylic acids is 1. The summed E-state index contributed by atoms with van der Waals surface area (Å²) < 4.78 is 1.70. The number of aryl methyl sites for hydroxylation is 1. The number of likely N-dealkylation sites (tertiary alicyclic amines) is 1. The number of nitrogens with two attached hydrogens (primary N) is 1. The zero-order chi connectivity index (χ0) is 21.7. The number of amides is 1. The molecule has 6 nitrogen and oxygen atoms in total. The van der Waals surface area contributed by atoms with E-state index >= 15 is 0 Å². The first-order chi connectivity index (χ1) is 14.4. The van der Waals surface area contributed by atoms with Gasteiger partial charge in [0.15, 0.2) is 0 Å². The van der Waals surface area contributed by atoms with Gasteiger partial charge in [-0.3, -0.25) is 19.9 Å². The first-order valence-corrected chi connectivity index (χ1v) is 11.1. The lowest BCUT2D eigenvalue weighted by Crippen LogP contribution is -2.33. The Kier molecular flexibility index (Phi) is 7.94.